The zero-order valence-electron chi connectivity index (χ0n) is 15.3. The fourth-order valence-electron chi connectivity index (χ4n) is 3.35. The van der Waals surface area contributed by atoms with Gasteiger partial charge in [0.2, 0.25) is 5.91 Å². The zero-order chi connectivity index (χ0) is 17.6. The van der Waals surface area contributed by atoms with Crippen LogP contribution in [0, 0.1) is 0 Å². The normalized spacial score (nSPS) is 17.6. The molecule has 152 valence electrons. The lowest BCUT2D eigenvalue weighted by Gasteiger charge is -2.36. The Morgan fingerprint density at radius 1 is 1.07 bits per heavy atom. The first kappa shape index (κ1) is 23.4. The highest BCUT2D eigenvalue weighted by atomic mass is 35.5. The predicted octanol–water partition coefficient (Wildman–Crippen LogP) is -0.0320. The number of primary amides is 1. The molecule has 3 heterocycles. The molecule has 0 aliphatic carbocycles. The third-order valence-electron chi connectivity index (χ3n) is 4.84. The third-order valence-corrected chi connectivity index (χ3v) is 4.84. The number of nitrogens with one attached hydrogen (secondary N) is 1. The monoisotopic (exact) mass is 418 g/mol. The van der Waals surface area contributed by atoms with Crippen LogP contribution in [0.3, 0.4) is 0 Å². The third kappa shape index (κ3) is 6.21. The van der Waals surface area contributed by atoms with E-state index in [1.807, 2.05) is 4.90 Å². The van der Waals surface area contributed by atoms with Crippen molar-refractivity contribution in [1.29, 1.82) is 0 Å². The Morgan fingerprint density at radius 2 is 1.74 bits per heavy atom. The molecule has 3 rings (SSSR count). The molecule has 10 heteroatoms. The van der Waals surface area contributed by atoms with Crippen molar-refractivity contribution in [1.82, 2.24) is 20.1 Å². The predicted molar refractivity (Wildman–Crippen MR) is 110 cm³/mol. The Labute approximate surface area is 172 Å². The Hall–Kier alpha value is -1.61. The summed E-state index contributed by atoms with van der Waals surface area (Å²) in [5, 5.41) is 3.26. The van der Waals surface area contributed by atoms with Gasteiger partial charge in [0.15, 0.2) is 0 Å². The Morgan fingerprint density at radius 3 is 2.37 bits per heavy atom. The van der Waals surface area contributed by atoms with Gasteiger partial charge in [-0.2, -0.15) is 0 Å². The van der Waals surface area contributed by atoms with E-state index in [-0.39, 0.29) is 30.7 Å². The number of carbonyl (C=O) groups is 2. The van der Waals surface area contributed by atoms with Crippen molar-refractivity contribution in [2.45, 2.75) is 6.42 Å². The Kier molecular flexibility index (Phi) is 9.79. The largest absolute Gasteiger partial charge is 0.365 e. The van der Waals surface area contributed by atoms with Crippen LogP contribution in [-0.4, -0.2) is 85.5 Å². The van der Waals surface area contributed by atoms with Crippen LogP contribution >= 0.6 is 24.8 Å². The maximum atomic E-state index is 12.2. The highest BCUT2D eigenvalue weighted by molar-refractivity contribution is 5.97. The number of anilines is 1. The number of amides is 2. The first-order valence-corrected chi connectivity index (χ1v) is 8.86. The van der Waals surface area contributed by atoms with Gasteiger partial charge >= 0.3 is 0 Å². The molecule has 2 amide bonds. The highest BCUT2D eigenvalue weighted by Gasteiger charge is 2.23. The van der Waals surface area contributed by atoms with Crippen LogP contribution in [0.2, 0.25) is 0 Å². The first-order valence-electron chi connectivity index (χ1n) is 8.86. The van der Waals surface area contributed by atoms with Crippen LogP contribution in [0.4, 0.5) is 5.82 Å². The van der Waals surface area contributed by atoms with Crippen LogP contribution in [0.1, 0.15) is 16.8 Å². The molecule has 0 bridgehead atoms. The number of nitrogens with zero attached hydrogens (tertiary/aromatic N) is 4. The Bertz CT molecular complexity index is 619. The molecule has 8 nitrogen and oxygen atoms in total. The maximum Gasteiger partial charge on any atom is 0.252 e. The van der Waals surface area contributed by atoms with Crippen LogP contribution in [0.25, 0.3) is 0 Å². The summed E-state index contributed by atoms with van der Waals surface area (Å²) in [5.74, 6) is 0.448. The van der Waals surface area contributed by atoms with E-state index in [9.17, 15) is 9.59 Å². The molecule has 0 saturated carbocycles. The van der Waals surface area contributed by atoms with E-state index >= 15 is 0 Å². The maximum absolute atomic E-state index is 12.2. The van der Waals surface area contributed by atoms with E-state index in [0.29, 0.717) is 17.8 Å². The lowest BCUT2D eigenvalue weighted by Crippen LogP contribution is -2.49. The molecule has 2 fully saturated rings. The summed E-state index contributed by atoms with van der Waals surface area (Å²) in [6.07, 6.45) is 2.25. The van der Waals surface area contributed by atoms with Crippen molar-refractivity contribution in [2.24, 2.45) is 5.73 Å². The van der Waals surface area contributed by atoms with Crippen LogP contribution < -0.4 is 16.0 Å². The number of carbonyl (C=O) groups excluding carboxylic acids is 2. The summed E-state index contributed by atoms with van der Waals surface area (Å²) in [6.45, 7) is 7.42. The van der Waals surface area contributed by atoms with Crippen LogP contribution in [0.15, 0.2) is 18.3 Å². The quantitative estimate of drug-likeness (QED) is 0.696. The van der Waals surface area contributed by atoms with Gasteiger partial charge in [-0.3, -0.25) is 14.5 Å². The van der Waals surface area contributed by atoms with Gasteiger partial charge in [-0.25, -0.2) is 4.98 Å². The minimum Gasteiger partial charge on any atom is -0.365 e. The van der Waals surface area contributed by atoms with Crippen molar-refractivity contribution < 1.29 is 9.59 Å². The van der Waals surface area contributed by atoms with Crippen molar-refractivity contribution >= 4 is 42.4 Å². The summed E-state index contributed by atoms with van der Waals surface area (Å²) in [6, 6.07) is 3.44. The fraction of sp³-hybridized carbons (Fsp3) is 0.588. The van der Waals surface area contributed by atoms with E-state index in [1.165, 1.54) is 0 Å². The summed E-state index contributed by atoms with van der Waals surface area (Å²) in [7, 11) is 0. The topological polar surface area (TPSA) is 94.8 Å². The Balaban J connectivity index is 0.00000182. The second-order valence-corrected chi connectivity index (χ2v) is 6.45. The number of pyridine rings is 1. The van der Waals surface area contributed by atoms with E-state index in [1.54, 1.807) is 18.3 Å². The van der Waals surface area contributed by atoms with Crippen molar-refractivity contribution in [3.8, 4) is 0 Å². The van der Waals surface area contributed by atoms with E-state index in [2.05, 4.69) is 20.1 Å². The summed E-state index contributed by atoms with van der Waals surface area (Å²) < 4.78 is 0. The number of rotatable bonds is 5. The van der Waals surface area contributed by atoms with Crippen LogP contribution in [0.5, 0.6) is 0 Å². The number of aromatic nitrogens is 1. The number of halogens is 2. The standard InChI is InChI=1S/C17H26N6O2.2ClH/c18-16(25)14-2-1-4-20-17(14)23-12-10-21(11-13-23)7-3-15(24)22-8-5-19-6-9-22;;/h1-2,4,19H,3,5-13H2,(H2,18,25);2*1H. The molecule has 2 aliphatic heterocycles. The van der Waals surface area contributed by atoms with E-state index in [0.717, 1.165) is 58.9 Å². The molecule has 27 heavy (non-hydrogen) atoms. The second-order valence-electron chi connectivity index (χ2n) is 6.45. The average molecular weight is 419 g/mol. The van der Waals surface area contributed by atoms with Crippen molar-refractivity contribution in [2.75, 3.05) is 63.8 Å². The van der Waals surface area contributed by atoms with Gasteiger partial charge in [-0.15, -0.1) is 24.8 Å². The van der Waals surface area contributed by atoms with Crippen molar-refractivity contribution in [3.63, 3.8) is 0 Å². The SMILES string of the molecule is Cl.Cl.NC(=O)c1cccnc1N1CCN(CCC(=O)N2CCNCC2)CC1. The molecule has 0 aromatic carbocycles. The van der Waals surface area contributed by atoms with E-state index < -0.39 is 5.91 Å². The summed E-state index contributed by atoms with van der Waals surface area (Å²) in [4.78, 5) is 34.5. The average Bonchev–Trinajstić information content (AvgIpc) is 2.67. The first-order chi connectivity index (χ1) is 12.1. The number of hydrogen-bond donors (Lipinski definition) is 2. The number of piperazine rings is 2. The molecule has 1 aromatic heterocycles. The molecular weight excluding hydrogens is 391 g/mol. The minimum atomic E-state index is -0.452. The molecular formula is C17H28Cl2N6O2. The molecule has 0 radical (unpaired) electrons. The molecule has 1 aromatic rings. The number of hydrogen-bond acceptors (Lipinski definition) is 6. The van der Waals surface area contributed by atoms with Gasteiger partial charge in [0.05, 0.1) is 5.56 Å². The molecule has 2 aliphatic rings. The molecule has 2 saturated heterocycles. The lowest BCUT2D eigenvalue weighted by molar-refractivity contribution is -0.132. The van der Waals surface area contributed by atoms with Gasteiger partial charge in [-0.1, -0.05) is 0 Å². The highest BCUT2D eigenvalue weighted by Crippen LogP contribution is 2.18. The smallest absolute Gasteiger partial charge is 0.252 e. The van der Waals surface area contributed by atoms with Gasteiger partial charge in [0.25, 0.3) is 5.91 Å². The van der Waals surface area contributed by atoms with Gasteiger partial charge in [0.1, 0.15) is 5.82 Å². The molecule has 0 atom stereocenters. The fourth-order valence-corrected chi connectivity index (χ4v) is 3.35. The molecule has 3 N–H and O–H groups in total. The summed E-state index contributed by atoms with van der Waals surface area (Å²) in [5.41, 5.74) is 5.90. The zero-order valence-corrected chi connectivity index (χ0v) is 16.9. The molecule has 0 spiro atoms. The lowest BCUT2D eigenvalue weighted by atomic mass is 10.2. The van der Waals surface area contributed by atoms with Crippen LogP contribution in [-0.2, 0) is 4.79 Å². The van der Waals surface area contributed by atoms with E-state index in [4.69, 9.17) is 5.73 Å². The summed E-state index contributed by atoms with van der Waals surface area (Å²) >= 11 is 0. The molecule has 0 unspecified atom stereocenters. The number of nitrogens with two attached hydrogens (primary N) is 1. The van der Waals surface area contributed by atoms with Gasteiger partial charge in [0, 0.05) is 71.5 Å². The van der Waals surface area contributed by atoms with Gasteiger partial charge in [-0.05, 0) is 12.1 Å². The van der Waals surface area contributed by atoms with Crippen molar-refractivity contribution in [3.05, 3.63) is 23.9 Å². The minimum absolute atomic E-state index is 0. The van der Waals surface area contributed by atoms with Gasteiger partial charge < -0.3 is 20.9 Å². The second kappa shape index (κ2) is 11.3.